The monoisotopic (exact) mass is 434 g/mol. The summed E-state index contributed by atoms with van der Waals surface area (Å²) < 4.78 is 37.7. The largest absolute Gasteiger partial charge is 0.497 e. The van der Waals surface area contributed by atoms with Gasteiger partial charge in [0.2, 0.25) is 15.9 Å². The van der Waals surface area contributed by atoms with Crippen molar-refractivity contribution in [1.82, 2.24) is 4.31 Å². The SMILES string of the molecule is CCN(CC)S(=O)(=O)c1cc(NC(=O)CCc2cc(OC)cc(OC)c2)ccc1C. The molecule has 2 rings (SSSR count). The fraction of sp³-hybridized carbons (Fsp3) is 0.409. The summed E-state index contributed by atoms with van der Waals surface area (Å²) >= 11 is 0. The Hall–Kier alpha value is -2.58. The predicted molar refractivity (Wildman–Crippen MR) is 118 cm³/mol. The Labute approximate surface area is 179 Å². The number of methoxy groups -OCH3 is 2. The van der Waals surface area contributed by atoms with Gasteiger partial charge in [0.25, 0.3) is 0 Å². The molecule has 0 aliphatic carbocycles. The van der Waals surface area contributed by atoms with Crippen LogP contribution >= 0.6 is 0 Å². The van der Waals surface area contributed by atoms with Gasteiger partial charge in [0.05, 0.1) is 19.1 Å². The van der Waals surface area contributed by atoms with E-state index in [2.05, 4.69) is 5.32 Å². The normalized spacial score (nSPS) is 11.4. The number of hydrogen-bond donors (Lipinski definition) is 1. The van der Waals surface area contributed by atoms with E-state index >= 15 is 0 Å². The number of amides is 1. The molecule has 1 N–H and O–H groups in total. The Morgan fingerprint density at radius 2 is 1.60 bits per heavy atom. The van der Waals surface area contributed by atoms with Crippen molar-refractivity contribution in [3.05, 3.63) is 47.5 Å². The summed E-state index contributed by atoms with van der Waals surface area (Å²) in [7, 11) is -0.455. The topological polar surface area (TPSA) is 84.9 Å². The molecule has 7 nitrogen and oxygen atoms in total. The second-order valence-corrected chi connectivity index (χ2v) is 8.75. The number of nitrogens with zero attached hydrogens (tertiary/aromatic N) is 1. The maximum absolute atomic E-state index is 12.9. The van der Waals surface area contributed by atoms with Gasteiger partial charge in [-0.15, -0.1) is 0 Å². The number of anilines is 1. The van der Waals surface area contributed by atoms with Gasteiger partial charge in [0.15, 0.2) is 0 Å². The van der Waals surface area contributed by atoms with Gasteiger partial charge in [-0.2, -0.15) is 4.31 Å². The van der Waals surface area contributed by atoms with Gasteiger partial charge in [-0.3, -0.25) is 4.79 Å². The van der Waals surface area contributed by atoms with Crippen LogP contribution in [0.1, 0.15) is 31.4 Å². The Kier molecular flexibility index (Phi) is 8.25. The van der Waals surface area contributed by atoms with Crippen LogP contribution in [-0.4, -0.2) is 45.9 Å². The molecule has 8 heteroatoms. The van der Waals surface area contributed by atoms with Gasteiger partial charge in [-0.1, -0.05) is 19.9 Å². The third-order valence-corrected chi connectivity index (χ3v) is 7.04. The molecule has 2 aromatic carbocycles. The highest BCUT2D eigenvalue weighted by Gasteiger charge is 2.24. The van der Waals surface area contributed by atoms with Crippen LogP contribution < -0.4 is 14.8 Å². The van der Waals surface area contributed by atoms with Crippen LogP contribution in [0.15, 0.2) is 41.3 Å². The van der Waals surface area contributed by atoms with Crippen molar-refractivity contribution < 1.29 is 22.7 Å². The van der Waals surface area contributed by atoms with Crippen LogP contribution in [0.3, 0.4) is 0 Å². The number of ether oxygens (including phenoxy) is 2. The molecule has 164 valence electrons. The second kappa shape index (κ2) is 10.4. The Morgan fingerprint density at radius 1 is 1.00 bits per heavy atom. The number of carbonyl (C=O) groups is 1. The first kappa shape index (κ1) is 23.7. The highest BCUT2D eigenvalue weighted by Crippen LogP contribution is 2.25. The van der Waals surface area contributed by atoms with Crippen LogP contribution in [0.5, 0.6) is 11.5 Å². The maximum atomic E-state index is 12.9. The lowest BCUT2D eigenvalue weighted by molar-refractivity contribution is -0.116. The highest BCUT2D eigenvalue weighted by molar-refractivity contribution is 7.89. The molecule has 30 heavy (non-hydrogen) atoms. The van der Waals surface area contributed by atoms with E-state index in [9.17, 15) is 13.2 Å². The number of aryl methyl sites for hydroxylation is 2. The first-order valence-corrected chi connectivity index (χ1v) is 11.3. The summed E-state index contributed by atoms with van der Waals surface area (Å²) in [5.74, 6) is 1.12. The lowest BCUT2D eigenvalue weighted by Crippen LogP contribution is -2.31. The van der Waals surface area contributed by atoms with E-state index in [1.54, 1.807) is 53.2 Å². The summed E-state index contributed by atoms with van der Waals surface area (Å²) in [5, 5.41) is 2.80. The van der Waals surface area contributed by atoms with Crippen molar-refractivity contribution in [3.8, 4) is 11.5 Å². The molecule has 0 bridgehead atoms. The average Bonchev–Trinajstić information content (AvgIpc) is 2.73. The van der Waals surface area contributed by atoms with E-state index in [4.69, 9.17) is 9.47 Å². The molecular weight excluding hydrogens is 404 g/mol. The smallest absolute Gasteiger partial charge is 0.243 e. The number of rotatable bonds is 10. The number of benzene rings is 2. The molecule has 0 unspecified atom stereocenters. The highest BCUT2D eigenvalue weighted by atomic mass is 32.2. The summed E-state index contributed by atoms with van der Waals surface area (Å²) in [6, 6.07) is 10.4. The van der Waals surface area contributed by atoms with Crippen molar-refractivity contribution in [2.24, 2.45) is 0 Å². The van der Waals surface area contributed by atoms with Crippen molar-refractivity contribution in [2.75, 3.05) is 32.6 Å². The Balaban J connectivity index is 2.13. The third-order valence-electron chi connectivity index (χ3n) is 4.85. The first-order valence-electron chi connectivity index (χ1n) is 9.87. The molecule has 0 saturated heterocycles. The lowest BCUT2D eigenvalue weighted by Gasteiger charge is -2.20. The van der Waals surface area contributed by atoms with Crippen LogP contribution in [0.2, 0.25) is 0 Å². The molecule has 0 aromatic heterocycles. The molecule has 0 fully saturated rings. The number of hydrogen-bond acceptors (Lipinski definition) is 5. The standard InChI is InChI=1S/C22H30N2O5S/c1-6-24(7-2)30(26,27)21-14-18(10-8-16(21)3)23-22(25)11-9-17-12-19(28-4)15-20(13-17)29-5/h8,10,12-15H,6-7,9,11H2,1-5H3,(H,23,25). The summed E-state index contributed by atoms with van der Waals surface area (Å²) in [4.78, 5) is 12.7. The minimum Gasteiger partial charge on any atom is -0.497 e. The third kappa shape index (κ3) is 5.73. The Bertz CT molecular complexity index is 963. The predicted octanol–water partition coefficient (Wildman–Crippen LogP) is 3.61. The number of sulfonamides is 1. The zero-order chi connectivity index (χ0) is 22.3. The summed E-state index contributed by atoms with van der Waals surface area (Å²) in [6.07, 6.45) is 0.734. The minimum atomic E-state index is -3.61. The average molecular weight is 435 g/mol. The van der Waals surface area contributed by atoms with E-state index < -0.39 is 10.0 Å². The zero-order valence-electron chi connectivity index (χ0n) is 18.2. The first-order chi connectivity index (χ1) is 14.2. The molecule has 0 atom stereocenters. The second-order valence-electron chi connectivity index (χ2n) is 6.84. The van der Waals surface area contributed by atoms with Crippen molar-refractivity contribution in [3.63, 3.8) is 0 Å². The van der Waals surface area contributed by atoms with Gasteiger partial charge >= 0.3 is 0 Å². The van der Waals surface area contributed by atoms with Gasteiger partial charge in [0, 0.05) is 31.3 Å². The fourth-order valence-corrected chi connectivity index (χ4v) is 4.86. The molecule has 0 aliphatic heterocycles. The molecule has 0 heterocycles. The van der Waals surface area contributed by atoms with E-state index in [1.807, 2.05) is 12.1 Å². The molecule has 0 aliphatic rings. The van der Waals surface area contributed by atoms with Gasteiger partial charge in [0.1, 0.15) is 11.5 Å². The summed E-state index contributed by atoms with van der Waals surface area (Å²) in [6.45, 7) is 6.13. The molecule has 0 saturated carbocycles. The van der Waals surface area contributed by atoms with Gasteiger partial charge in [-0.25, -0.2) is 8.42 Å². The zero-order valence-corrected chi connectivity index (χ0v) is 19.0. The quantitative estimate of drug-likeness (QED) is 0.617. The number of nitrogens with one attached hydrogen (secondary N) is 1. The van der Waals surface area contributed by atoms with Crippen molar-refractivity contribution >= 4 is 21.6 Å². The Morgan fingerprint density at radius 3 is 2.13 bits per heavy atom. The van der Waals surface area contributed by atoms with E-state index in [1.165, 1.54) is 10.4 Å². The van der Waals surface area contributed by atoms with E-state index in [-0.39, 0.29) is 17.2 Å². The lowest BCUT2D eigenvalue weighted by atomic mass is 10.1. The van der Waals surface area contributed by atoms with Gasteiger partial charge in [-0.05, 0) is 48.7 Å². The number of carbonyl (C=O) groups excluding carboxylic acids is 1. The van der Waals surface area contributed by atoms with Crippen molar-refractivity contribution in [2.45, 2.75) is 38.5 Å². The van der Waals surface area contributed by atoms with Crippen LogP contribution in [0, 0.1) is 6.92 Å². The minimum absolute atomic E-state index is 0.202. The van der Waals surface area contributed by atoms with Crippen LogP contribution in [0.25, 0.3) is 0 Å². The van der Waals surface area contributed by atoms with E-state index in [0.717, 1.165) is 5.56 Å². The van der Waals surface area contributed by atoms with E-state index in [0.29, 0.717) is 42.3 Å². The molecule has 2 aromatic rings. The maximum Gasteiger partial charge on any atom is 0.243 e. The van der Waals surface area contributed by atoms with Crippen LogP contribution in [0.4, 0.5) is 5.69 Å². The fourth-order valence-electron chi connectivity index (χ4n) is 3.15. The van der Waals surface area contributed by atoms with Crippen molar-refractivity contribution in [1.29, 1.82) is 0 Å². The van der Waals surface area contributed by atoms with Gasteiger partial charge < -0.3 is 14.8 Å². The summed E-state index contributed by atoms with van der Waals surface area (Å²) in [5.41, 5.74) is 2.01. The van der Waals surface area contributed by atoms with Crippen LogP contribution in [-0.2, 0) is 21.2 Å². The molecule has 1 amide bonds. The molecule has 0 spiro atoms. The molecule has 0 radical (unpaired) electrons. The molecular formula is C22H30N2O5S.